The van der Waals surface area contributed by atoms with E-state index in [4.69, 9.17) is 0 Å². The van der Waals surface area contributed by atoms with Crippen LogP contribution in [-0.4, -0.2) is 36.3 Å². The summed E-state index contributed by atoms with van der Waals surface area (Å²) in [6.45, 7) is 4.60. The van der Waals surface area contributed by atoms with Crippen molar-refractivity contribution < 1.29 is 9.59 Å². The van der Waals surface area contributed by atoms with Crippen LogP contribution in [0.5, 0.6) is 0 Å². The Kier molecular flexibility index (Phi) is 5.94. The summed E-state index contributed by atoms with van der Waals surface area (Å²) in [6, 6.07) is 16.1. The predicted octanol–water partition coefficient (Wildman–Crippen LogP) is 4.74. The van der Waals surface area contributed by atoms with E-state index in [1.165, 1.54) is 0 Å². The molecule has 1 fully saturated rings. The quantitative estimate of drug-likeness (QED) is 0.769. The second-order valence-corrected chi connectivity index (χ2v) is 7.29. The SMILES string of the molecule is CCC[C@@H]1CCCN1C(=O)c1ccc(-c2ccc(N(C)C(C)=O)cc2)cc1. The van der Waals surface area contributed by atoms with Gasteiger partial charge in [0.1, 0.15) is 0 Å². The molecule has 0 aliphatic carbocycles. The Balaban J connectivity index is 1.73. The Hall–Kier alpha value is -2.62. The van der Waals surface area contributed by atoms with Crippen molar-refractivity contribution in [2.45, 2.75) is 45.6 Å². The molecule has 1 aliphatic rings. The van der Waals surface area contributed by atoms with E-state index < -0.39 is 0 Å². The zero-order chi connectivity index (χ0) is 19.4. The van der Waals surface area contributed by atoms with E-state index in [2.05, 4.69) is 6.92 Å². The highest BCUT2D eigenvalue weighted by atomic mass is 16.2. The van der Waals surface area contributed by atoms with Crippen molar-refractivity contribution in [1.29, 1.82) is 0 Å². The van der Waals surface area contributed by atoms with E-state index in [9.17, 15) is 9.59 Å². The average molecular weight is 364 g/mol. The molecule has 0 N–H and O–H groups in total. The third-order valence-corrected chi connectivity index (χ3v) is 5.45. The fraction of sp³-hybridized carbons (Fsp3) is 0.391. The van der Waals surface area contributed by atoms with Gasteiger partial charge in [-0.1, -0.05) is 37.6 Å². The van der Waals surface area contributed by atoms with Gasteiger partial charge >= 0.3 is 0 Å². The van der Waals surface area contributed by atoms with Gasteiger partial charge in [0.15, 0.2) is 0 Å². The van der Waals surface area contributed by atoms with Crippen LogP contribution in [0.3, 0.4) is 0 Å². The minimum Gasteiger partial charge on any atom is -0.336 e. The molecule has 0 unspecified atom stereocenters. The number of likely N-dealkylation sites (tertiary alicyclic amines) is 1. The second-order valence-electron chi connectivity index (χ2n) is 7.29. The summed E-state index contributed by atoms with van der Waals surface area (Å²) in [5.74, 6) is 0.157. The summed E-state index contributed by atoms with van der Waals surface area (Å²) in [5.41, 5.74) is 3.76. The minimum absolute atomic E-state index is 0.00825. The molecule has 4 nitrogen and oxygen atoms in total. The van der Waals surface area contributed by atoms with E-state index >= 15 is 0 Å². The predicted molar refractivity (Wildman–Crippen MR) is 110 cm³/mol. The Labute approximate surface area is 161 Å². The van der Waals surface area contributed by atoms with Crippen LogP contribution >= 0.6 is 0 Å². The number of amides is 2. The van der Waals surface area contributed by atoms with Crippen molar-refractivity contribution in [2.75, 3.05) is 18.5 Å². The fourth-order valence-corrected chi connectivity index (χ4v) is 3.77. The van der Waals surface area contributed by atoms with Gasteiger partial charge in [0, 0.05) is 37.8 Å². The smallest absolute Gasteiger partial charge is 0.254 e. The standard InChI is InChI=1S/C23H28N2O2/c1-4-6-22-7-5-16-25(22)23(27)20-10-8-18(9-11-20)19-12-14-21(15-13-19)24(3)17(2)26/h8-15,22H,4-7,16H2,1-3H3/t22-/m1/s1. The number of hydrogen-bond acceptors (Lipinski definition) is 2. The average Bonchev–Trinajstić information content (AvgIpc) is 3.15. The van der Waals surface area contributed by atoms with E-state index in [1.54, 1.807) is 18.9 Å². The summed E-state index contributed by atoms with van der Waals surface area (Å²) in [6.07, 6.45) is 4.43. The Morgan fingerprint density at radius 1 is 1.04 bits per heavy atom. The van der Waals surface area contributed by atoms with Crippen LogP contribution in [0, 0.1) is 0 Å². The maximum absolute atomic E-state index is 12.9. The highest BCUT2D eigenvalue weighted by Gasteiger charge is 2.28. The summed E-state index contributed by atoms with van der Waals surface area (Å²) >= 11 is 0. The fourth-order valence-electron chi connectivity index (χ4n) is 3.77. The Morgan fingerprint density at radius 2 is 1.63 bits per heavy atom. The van der Waals surface area contributed by atoms with E-state index in [1.807, 2.05) is 53.4 Å². The molecule has 4 heteroatoms. The molecule has 2 aromatic carbocycles. The summed E-state index contributed by atoms with van der Waals surface area (Å²) in [4.78, 5) is 28.0. The molecule has 0 bridgehead atoms. The number of benzene rings is 2. The van der Waals surface area contributed by atoms with Crippen LogP contribution in [0.4, 0.5) is 5.69 Å². The zero-order valence-electron chi connectivity index (χ0n) is 16.4. The van der Waals surface area contributed by atoms with Crippen LogP contribution in [0.1, 0.15) is 49.9 Å². The van der Waals surface area contributed by atoms with Crippen molar-refractivity contribution in [3.63, 3.8) is 0 Å². The first-order valence-electron chi connectivity index (χ1n) is 9.77. The van der Waals surface area contributed by atoms with Gasteiger partial charge in [0.2, 0.25) is 5.91 Å². The first kappa shape index (κ1) is 19.2. The highest BCUT2D eigenvalue weighted by molar-refractivity contribution is 5.95. The van der Waals surface area contributed by atoms with E-state index in [0.717, 1.165) is 54.6 Å². The van der Waals surface area contributed by atoms with Gasteiger partial charge in [0.05, 0.1) is 0 Å². The molecular formula is C23H28N2O2. The molecule has 3 rings (SSSR count). The van der Waals surface area contributed by atoms with Gasteiger partial charge in [-0.25, -0.2) is 0 Å². The molecule has 1 saturated heterocycles. The number of anilines is 1. The number of rotatable bonds is 5. The minimum atomic E-state index is 0.00825. The molecule has 1 aliphatic heterocycles. The normalized spacial score (nSPS) is 16.4. The number of carbonyl (C=O) groups is 2. The highest BCUT2D eigenvalue weighted by Crippen LogP contribution is 2.26. The molecule has 142 valence electrons. The third-order valence-electron chi connectivity index (χ3n) is 5.45. The second kappa shape index (κ2) is 8.38. The summed E-state index contributed by atoms with van der Waals surface area (Å²) in [7, 11) is 1.77. The summed E-state index contributed by atoms with van der Waals surface area (Å²) in [5, 5.41) is 0. The van der Waals surface area contributed by atoms with Gasteiger partial charge in [0.25, 0.3) is 5.91 Å². The Morgan fingerprint density at radius 3 is 2.19 bits per heavy atom. The first-order chi connectivity index (χ1) is 13.0. The van der Waals surface area contributed by atoms with Crippen LogP contribution < -0.4 is 4.90 Å². The van der Waals surface area contributed by atoms with Crippen molar-refractivity contribution in [3.05, 3.63) is 54.1 Å². The van der Waals surface area contributed by atoms with Crippen LogP contribution in [0.25, 0.3) is 11.1 Å². The van der Waals surface area contributed by atoms with Gasteiger partial charge in [-0.2, -0.15) is 0 Å². The molecule has 2 amide bonds. The van der Waals surface area contributed by atoms with Gasteiger partial charge in [-0.3, -0.25) is 9.59 Å². The molecule has 0 spiro atoms. The number of carbonyl (C=O) groups excluding carboxylic acids is 2. The largest absolute Gasteiger partial charge is 0.336 e. The first-order valence-corrected chi connectivity index (χ1v) is 9.77. The molecule has 1 atom stereocenters. The lowest BCUT2D eigenvalue weighted by molar-refractivity contribution is -0.116. The summed E-state index contributed by atoms with van der Waals surface area (Å²) < 4.78 is 0. The number of hydrogen-bond donors (Lipinski definition) is 0. The monoisotopic (exact) mass is 364 g/mol. The molecule has 0 saturated carbocycles. The molecule has 1 heterocycles. The van der Waals surface area contributed by atoms with Crippen molar-refractivity contribution in [3.8, 4) is 11.1 Å². The third kappa shape index (κ3) is 4.21. The van der Waals surface area contributed by atoms with Crippen molar-refractivity contribution in [2.24, 2.45) is 0 Å². The lowest BCUT2D eigenvalue weighted by Gasteiger charge is -2.24. The van der Waals surface area contributed by atoms with Gasteiger partial charge in [-0.15, -0.1) is 0 Å². The van der Waals surface area contributed by atoms with Crippen LogP contribution in [0.2, 0.25) is 0 Å². The Bertz CT molecular complexity index is 796. The molecule has 27 heavy (non-hydrogen) atoms. The molecular weight excluding hydrogens is 336 g/mol. The maximum Gasteiger partial charge on any atom is 0.254 e. The lowest BCUT2D eigenvalue weighted by atomic mass is 10.0. The molecule has 2 aromatic rings. The van der Waals surface area contributed by atoms with Crippen LogP contribution in [0.15, 0.2) is 48.5 Å². The van der Waals surface area contributed by atoms with Crippen molar-refractivity contribution in [1.82, 2.24) is 4.90 Å². The van der Waals surface area contributed by atoms with Crippen molar-refractivity contribution >= 4 is 17.5 Å². The maximum atomic E-state index is 12.9. The topological polar surface area (TPSA) is 40.6 Å². The lowest BCUT2D eigenvalue weighted by Crippen LogP contribution is -2.35. The number of nitrogens with zero attached hydrogens (tertiary/aromatic N) is 2. The van der Waals surface area contributed by atoms with Gasteiger partial charge < -0.3 is 9.80 Å². The van der Waals surface area contributed by atoms with Gasteiger partial charge in [-0.05, 0) is 54.7 Å². The molecule has 0 radical (unpaired) electrons. The van der Waals surface area contributed by atoms with E-state index in [-0.39, 0.29) is 11.8 Å². The molecule has 0 aromatic heterocycles. The van der Waals surface area contributed by atoms with Crippen LogP contribution in [-0.2, 0) is 4.79 Å². The zero-order valence-corrected chi connectivity index (χ0v) is 16.4. The van der Waals surface area contributed by atoms with E-state index in [0.29, 0.717) is 6.04 Å².